The molecule has 0 bridgehead atoms. The summed E-state index contributed by atoms with van der Waals surface area (Å²) >= 11 is 0. The molecule has 0 aromatic carbocycles. The SMILES string of the molecule is CCCCCCCCCCCCCCCCCCCCCCCCC/C=C/C(O)C(COC1OC(CO)C(O)C(O)C1O)NC(=O)CCCCCCCCCCCCCCCCCCCCCCCCCCCC. The molecule has 1 saturated heterocycles. The van der Waals surface area contributed by atoms with E-state index >= 15 is 0 Å². The topological polar surface area (TPSA) is 149 Å². The zero-order valence-corrected chi connectivity index (χ0v) is 49.1. The van der Waals surface area contributed by atoms with E-state index in [1.54, 1.807) is 6.08 Å². The lowest BCUT2D eigenvalue weighted by atomic mass is 9.99. The number of hydrogen-bond donors (Lipinski definition) is 6. The van der Waals surface area contributed by atoms with Gasteiger partial charge in [-0.3, -0.25) is 4.79 Å². The van der Waals surface area contributed by atoms with Crippen LogP contribution in [0.5, 0.6) is 0 Å². The lowest BCUT2D eigenvalue weighted by Crippen LogP contribution is -2.60. The highest BCUT2D eigenvalue weighted by atomic mass is 16.7. The molecule has 1 heterocycles. The van der Waals surface area contributed by atoms with Crippen molar-refractivity contribution < 1.29 is 39.8 Å². The van der Waals surface area contributed by atoms with Crippen LogP contribution in [0.2, 0.25) is 0 Å². The maximum atomic E-state index is 13.1. The molecule has 1 fully saturated rings. The van der Waals surface area contributed by atoms with Gasteiger partial charge in [0, 0.05) is 6.42 Å². The first-order chi connectivity index (χ1) is 36.3. The van der Waals surface area contributed by atoms with Gasteiger partial charge in [0.05, 0.1) is 25.4 Å². The molecule has 0 aromatic rings. The van der Waals surface area contributed by atoms with Crippen LogP contribution in [-0.2, 0) is 14.3 Å². The third-order valence-corrected chi connectivity index (χ3v) is 16.1. The van der Waals surface area contributed by atoms with E-state index in [9.17, 15) is 30.3 Å². The number of carbonyl (C=O) groups excluding carboxylic acids is 1. The van der Waals surface area contributed by atoms with Crippen LogP contribution in [0.15, 0.2) is 12.2 Å². The number of allylic oxidation sites excluding steroid dienone is 1. The zero-order chi connectivity index (χ0) is 53.6. The van der Waals surface area contributed by atoms with Crippen LogP contribution in [-0.4, -0.2) is 87.5 Å². The van der Waals surface area contributed by atoms with Crippen LogP contribution in [0.4, 0.5) is 0 Å². The van der Waals surface area contributed by atoms with E-state index in [0.29, 0.717) is 6.42 Å². The van der Waals surface area contributed by atoms with Gasteiger partial charge in [-0.15, -0.1) is 0 Å². The standard InChI is InChI=1S/C65H127NO8/c1-3-5-7-9-11-13-15-17-19-21-23-25-27-29-31-33-35-37-39-41-43-45-47-49-51-53-55-61(69)66-58(57-73-65-64(72)63(71)62(70)60(56-67)74-65)59(68)54-52-50-48-46-44-42-40-38-36-34-32-30-28-26-24-22-20-18-16-14-12-10-8-6-4-2/h52,54,58-60,62-65,67-68,70-72H,3-51,53,55-57H2,1-2H3,(H,66,69)/b54-52+. The molecule has 0 spiro atoms. The third kappa shape index (κ3) is 43.9. The van der Waals surface area contributed by atoms with Gasteiger partial charge in [0.1, 0.15) is 24.4 Å². The third-order valence-electron chi connectivity index (χ3n) is 16.1. The van der Waals surface area contributed by atoms with Crippen LogP contribution >= 0.6 is 0 Å². The first-order valence-corrected chi connectivity index (χ1v) is 32.9. The van der Waals surface area contributed by atoms with Crippen molar-refractivity contribution in [2.45, 2.75) is 384 Å². The summed E-state index contributed by atoms with van der Waals surface area (Å²) in [7, 11) is 0. The smallest absolute Gasteiger partial charge is 0.220 e. The summed E-state index contributed by atoms with van der Waals surface area (Å²) in [5.74, 6) is -0.168. The molecule has 1 aliphatic heterocycles. The second kappa shape index (κ2) is 55.3. The minimum absolute atomic E-state index is 0.168. The molecule has 74 heavy (non-hydrogen) atoms. The summed E-state index contributed by atoms with van der Waals surface area (Å²) in [5, 5.41) is 54.7. The van der Waals surface area contributed by atoms with E-state index in [1.165, 1.54) is 283 Å². The predicted molar refractivity (Wildman–Crippen MR) is 314 cm³/mol. The van der Waals surface area contributed by atoms with Crippen molar-refractivity contribution in [3.05, 3.63) is 12.2 Å². The number of hydrogen-bond acceptors (Lipinski definition) is 8. The van der Waals surface area contributed by atoms with Crippen LogP contribution in [0, 0.1) is 0 Å². The molecule has 1 rings (SSSR count). The first-order valence-electron chi connectivity index (χ1n) is 32.9. The second-order valence-electron chi connectivity index (χ2n) is 23.3. The average molecular weight is 1050 g/mol. The fraction of sp³-hybridized carbons (Fsp3) is 0.954. The van der Waals surface area contributed by atoms with Crippen molar-refractivity contribution in [2.24, 2.45) is 0 Å². The van der Waals surface area contributed by atoms with E-state index < -0.39 is 49.5 Å². The molecule has 1 amide bonds. The molecule has 9 nitrogen and oxygen atoms in total. The number of amides is 1. The van der Waals surface area contributed by atoms with Crippen molar-refractivity contribution in [3.8, 4) is 0 Å². The fourth-order valence-electron chi connectivity index (χ4n) is 10.9. The van der Waals surface area contributed by atoms with Crippen LogP contribution in [0.3, 0.4) is 0 Å². The summed E-state index contributed by atoms with van der Waals surface area (Å²) in [6.07, 6.45) is 63.0. The molecular weight excluding hydrogens is 923 g/mol. The number of aliphatic hydroxyl groups is 5. The van der Waals surface area contributed by atoms with E-state index in [4.69, 9.17) is 9.47 Å². The fourth-order valence-corrected chi connectivity index (χ4v) is 10.9. The zero-order valence-electron chi connectivity index (χ0n) is 49.1. The summed E-state index contributed by atoms with van der Waals surface area (Å²) in [6, 6.07) is -0.801. The van der Waals surface area contributed by atoms with E-state index in [0.717, 1.165) is 38.5 Å². The Labute approximate surface area is 458 Å². The minimum Gasteiger partial charge on any atom is -0.394 e. The van der Waals surface area contributed by atoms with Gasteiger partial charge >= 0.3 is 0 Å². The second-order valence-corrected chi connectivity index (χ2v) is 23.3. The molecule has 0 aliphatic carbocycles. The van der Waals surface area contributed by atoms with Gasteiger partial charge < -0.3 is 40.3 Å². The highest BCUT2D eigenvalue weighted by molar-refractivity contribution is 5.76. The first kappa shape index (κ1) is 70.9. The largest absolute Gasteiger partial charge is 0.394 e. The van der Waals surface area contributed by atoms with Gasteiger partial charge in [-0.1, -0.05) is 328 Å². The molecular formula is C65H127NO8. The molecule has 0 saturated carbocycles. The molecule has 0 aromatic heterocycles. The number of nitrogens with one attached hydrogen (secondary N) is 1. The quantitative estimate of drug-likeness (QED) is 0.0261. The number of carbonyl (C=O) groups is 1. The van der Waals surface area contributed by atoms with Crippen molar-refractivity contribution >= 4 is 5.91 Å². The lowest BCUT2D eigenvalue weighted by Gasteiger charge is -2.40. The maximum absolute atomic E-state index is 13.1. The van der Waals surface area contributed by atoms with Crippen molar-refractivity contribution in [3.63, 3.8) is 0 Å². The Kier molecular flexibility index (Phi) is 53.0. The van der Waals surface area contributed by atoms with Crippen molar-refractivity contribution in [1.29, 1.82) is 0 Å². The normalized spacial score (nSPS) is 18.9. The Morgan fingerprint density at radius 2 is 0.743 bits per heavy atom. The van der Waals surface area contributed by atoms with Crippen LogP contribution < -0.4 is 5.32 Å². The Bertz CT molecular complexity index is 1170. The van der Waals surface area contributed by atoms with E-state index in [1.807, 2.05) is 6.08 Å². The van der Waals surface area contributed by atoms with Crippen molar-refractivity contribution in [2.75, 3.05) is 13.2 Å². The van der Waals surface area contributed by atoms with Crippen molar-refractivity contribution in [1.82, 2.24) is 5.32 Å². The number of rotatable bonds is 58. The van der Waals surface area contributed by atoms with Gasteiger partial charge in [-0.2, -0.15) is 0 Å². The summed E-state index contributed by atoms with van der Waals surface area (Å²) in [4.78, 5) is 13.1. The molecule has 6 N–H and O–H groups in total. The predicted octanol–water partition coefficient (Wildman–Crippen LogP) is 17.1. The molecule has 1 aliphatic rings. The maximum Gasteiger partial charge on any atom is 0.220 e. The molecule has 7 atom stereocenters. The highest BCUT2D eigenvalue weighted by Crippen LogP contribution is 2.23. The lowest BCUT2D eigenvalue weighted by molar-refractivity contribution is -0.302. The molecule has 7 unspecified atom stereocenters. The van der Waals surface area contributed by atoms with Gasteiger partial charge in [0.25, 0.3) is 0 Å². The minimum atomic E-state index is -1.56. The van der Waals surface area contributed by atoms with E-state index in [-0.39, 0.29) is 12.5 Å². The van der Waals surface area contributed by atoms with Crippen LogP contribution in [0.1, 0.15) is 341 Å². The Morgan fingerprint density at radius 1 is 0.446 bits per heavy atom. The molecule has 0 radical (unpaired) electrons. The highest BCUT2D eigenvalue weighted by Gasteiger charge is 2.44. The van der Waals surface area contributed by atoms with Gasteiger partial charge in [-0.25, -0.2) is 0 Å². The Morgan fingerprint density at radius 3 is 1.05 bits per heavy atom. The summed E-state index contributed by atoms with van der Waals surface area (Å²) in [6.45, 7) is 3.84. The average Bonchev–Trinajstić information content (AvgIpc) is 3.40. The Balaban J connectivity index is 2.15. The van der Waals surface area contributed by atoms with E-state index in [2.05, 4.69) is 19.2 Å². The summed E-state index contributed by atoms with van der Waals surface area (Å²) < 4.78 is 11.3. The van der Waals surface area contributed by atoms with Gasteiger partial charge in [0.15, 0.2) is 6.29 Å². The molecule has 9 heteroatoms. The number of unbranched alkanes of at least 4 members (excludes halogenated alkanes) is 48. The molecule has 440 valence electrons. The van der Waals surface area contributed by atoms with Gasteiger partial charge in [-0.05, 0) is 19.3 Å². The Hall–Kier alpha value is -1.07. The summed E-state index contributed by atoms with van der Waals surface area (Å²) in [5.41, 5.74) is 0. The number of ether oxygens (including phenoxy) is 2. The van der Waals surface area contributed by atoms with Gasteiger partial charge in [0.2, 0.25) is 5.91 Å². The number of aliphatic hydroxyl groups excluding tert-OH is 5. The van der Waals surface area contributed by atoms with Crippen LogP contribution in [0.25, 0.3) is 0 Å². The monoisotopic (exact) mass is 1050 g/mol.